The molecule has 2 heterocycles. The van der Waals surface area contributed by atoms with Gasteiger partial charge in [-0.3, -0.25) is 9.78 Å². The third-order valence-corrected chi connectivity index (χ3v) is 2.37. The summed E-state index contributed by atoms with van der Waals surface area (Å²) in [6.45, 7) is 1.66. The van der Waals surface area contributed by atoms with Crippen molar-refractivity contribution in [2.24, 2.45) is 0 Å². The topological polar surface area (TPSA) is 63.2 Å². The Kier molecular flexibility index (Phi) is 2.82. The minimum atomic E-state index is -0.110. The van der Waals surface area contributed by atoms with Crippen LogP contribution in [0.1, 0.15) is 10.4 Å². The van der Waals surface area contributed by atoms with Crippen LogP contribution in [0.3, 0.4) is 0 Å². The summed E-state index contributed by atoms with van der Waals surface area (Å²) in [4.78, 5) is 15.7. The summed E-state index contributed by atoms with van der Waals surface area (Å²) in [6.07, 6.45) is 3.12. The van der Waals surface area contributed by atoms with Crippen LogP contribution < -0.4 is 15.4 Å². The van der Waals surface area contributed by atoms with E-state index in [-0.39, 0.29) is 11.9 Å². The van der Waals surface area contributed by atoms with Crippen molar-refractivity contribution in [2.75, 3.05) is 20.2 Å². The van der Waals surface area contributed by atoms with Crippen LogP contribution in [-0.4, -0.2) is 37.1 Å². The smallest absolute Gasteiger partial charge is 0.255 e. The average molecular weight is 207 g/mol. The zero-order valence-electron chi connectivity index (χ0n) is 8.49. The second-order valence-corrected chi connectivity index (χ2v) is 3.40. The molecule has 1 amide bonds. The number of nitrogens with one attached hydrogen (secondary N) is 2. The average Bonchev–Trinajstić information content (AvgIpc) is 2.23. The van der Waals surface area contributed by atoms with Crippen LogP contribution in [0.5, 0.6) is 5.75 Å². The van der Waals surface area contributed by atoms with Crippen molar-refractivity contribution in [3.63, 3.8) is 0 Å². The molecule has 15 heavy (non-hydrogen) atoms. The van der Waals surface area contributed by atoms with E-state index in [1.807, 2.05) is 0 Å². The predicted molar refractivity (Wildman–Crippen MR) is 54.9 cm³/mol. The van der Waals surface area contributed by atoms with Crippen LogP contribution in [0.2, 0.25) is 0 Å². The van der Waals surface area contributed by atoms with Gasteiger partial charge in [-0.2, -0.15) is 0 Å². The van der Waals surface area contributed by atoms with Crippen molar-refractivity contribution >= 4 is 5.91 Å². The molecule has 5 nitrogen and oxygen atoms in total. The van der Waals surface area contributed by atoms with E-state index in [0.29, 0.717) is 11.3 Å². The zero-order chi connectivity index (χ0) is 10.7. The van der Waals surface area contributed by atoms with Gasteiger partial charge in [-0.1, -0.05) is 0 Å². The van der Waals surface area contributed by atoms with E-state index in [1.54, 1.807) is 12.3 Å². The Labute approximate surface area is 87.8 Å². The number of hydrogen-bond donors (Lipinski definition) is 2. The lowest BCUT2D eigenvalue weighted by Gasteiger charge is -2.28. The first-order chi connectivity index (χ1) is 7.31. The van der Waals surface area contributed by atoms with Crippen molar-refractivity contribution < 1.29 is 9.53 Å². The SMILES string of the molecule is COc1cnccc1C(=O)NC1CNC1. The molecule has 1 aromatic rings. The predicted octanol–water partition coefficient (Wildman–Crippen LogP) is -0.208. The Balaban J connectivity index is 2.09. The Morgan fingerprint density at radius 2 is 2.47 bits per heavy atom. The maximum Gasteiger partial charge on any atom is 0.255 e. The second kappa shape index (κ2) is 4.27. The Bertz CT molecular complexity index is 363. The molecule has 80 valence electrons. The zero-order valence-corrected chi connectivity index (χ0v) is 8.49. The normalized spacial score (nSPS) is 15.5. The molecule has 0 unspecified atom stereocenters. The monoisotopic (exact) mass is 207 g/mol. The van der Waals surface area contributed by atoms with Gasteiger partial charge in [0.05, 0.1) is 24.9 Å². The quantitative estimate of drug-likeness (QED) is 0.720. The molecule has 1 fully saturated rings. The number of nitrogens with zero attached hydrogens (tertiary/aromatic N) is 1. The summed E-state index contributed by atoms with van der Waals surface area (Å²) in [7, 11) is 1.53. The fraction of sp³-hybridized carbons (Fsp3) is 0.400. The Morgan fingerprint density at radius 1 is 1.67 bits per heavy atom. The standard InChI is InChI=1S/C10H13N3O2/c1-15-9-6-11-3-2-8(9)10(14)13-7-4-12-5-7/h2-3,6-7,12H,4-5H2,1H3,(H,13,14). The van der Waals surface area contributed by atoms with E-state index in [1.165, 1.54) is 13.3 Å². The van der Waals surface area contributed by atoms with Gasteiger partial charge < -0.3 is 15.4 Å². The van der Waals surface area contributed by atoms with Gasteiger partial charge in [0.2, 0.25) is 0 Å². The summed E-state index contributed by atoms with van der Waals surface area (Å²) in [5, 5.41) is 5.99. The van der Waals surface area contributed by atoms with Crippen molar-refractivity contribution in [2.45, 2.75) is 6.04 Å². The van der Waals surface area contributed by atoms with Crippen molar-refractivity contribution in [1.29, 1.82) is 0 Å². The van der Waals surface area contributed by atoms with E-state index < -0.39 is 0 Å². The summed E-state index contributed by atoms with van der Waals surface area (Å²) >= 11 is 0. The summed E-state index contributed by atoms with van der Waals surface area (Å²) in [5.74, 6) is 0.392. The molecule has 0 saturated carbocycles. The molecular formula is C10H13N3O2. The molecule has 2 N–H and O–H groups in total. The number of rotatable bonds is 3. The minimum Gasteiger partial charge on any atom is -0.494 e. The number of amides is 1. The lowest BCUT2D eigenvalue weighted by Crippen LogP contribution is -2.56. The lowest BCUT2D eigenvalue weighted by atomic mass is 10.1. The number of carbonyl (C=O) groups is 1. The fourth-order valence-electron chi connectivity index (χ4n) is 1.38. The maximum absolute atomic E-state index is 11.8. The summed E-state index contributed by atoms with van der Waals surface area (Å²) in [5.41, 5.74) is 0.527. The third kappa shape index (κ3) is 2.07. The molecule has 0 spiro atoms. The second-order valence-electron chi connectivity index (χ2n) is 3.40. The molecule has 0 bridgehead atoms. The van der Waals surface area contributed by atoms with E-state index in [2.05, 4.69) is 15.6 Å². The molecule has 1 aliphatic rings. The molecule has 1 aliphatic heterocycles. The highest BCUT2D eigenvalue weighted by Gasteiger charge is 2.21. The van der Waals surface area contributed by atoms with Gasteiger partial charge in [-0.05, 0) is 6.07 Å². The Morgan fingerprint density at radius 3 is 3.07 bits per heavy atom. The third-order valence-electron chi connectivity index (χ3n) is 2.37. The van der Waals surface area contributed by atoms with E-state index >= 15 is 0 Å². The molecule has 1 aromatic heterocycles. The number of carbonyl (C=O) groups excluding carboxylic acids is 1. The van der Waals surface area contributed by atoms with Crippen LogP contribution in [0.25, 0.3) is 0 Å². The van der Waals surface area contributed by atoms with Crippen LogP contribution in [0.4, 0.5) is 0 Å². The minimum absolute atomic E-state index is 0.110. The maximum atomic E-state index is 11.8. The van der Waals surface area contributed by atoms with Crippen LogP contribution in [0.15, 0.2) is 18.5 Å². The molecule has 0 aliphatic carbocycles. The first kappa shape index (κ1) is 9.92. The Hall–Kier alpha value is -1.62. The molecule has 5 heteroatoms. The van der Waals surface area contributed by atoms with E-state index in [0.717, 1.165) is 13.1 Å². The molecule has 0 radical (unpaired) electrons. The molecule has 2 rings (SSSR count). The number of pyridine rings is 1. The van der Waals surface area contributed by atoms with Gasteiger partial charge in [-0.15, -0.1) is 0 Å². The number of hydrogen-bond acceptors (Lipinski definition) is 4. The van der Waals surface area contributed by atoms with E-state index in [9.17, 15) is 4.79 Å². The van der Waals surface area contributed by atoms with Gasteiger partial charge >= 0.3 is 0 Å². The molecule has 0 aromatic carbocycles. The van der Waals surface area contributed by atoms with Crippen molar-refractivity contribution in [3.05, 3.63) is 24.0 Å². The van der Waals surface area contributed by atoms with Crippen LogP contribution >= 0.6 is 0 Å². The number of aromatic nitrogens is 1. The van der Waals surface area contributed by atoms with Gasteiger partial charge in [0.15, 0.2) is 0 Å². The van der Waals surface area contributed by atoms with Gasteiger partial charge in [0, 0.05) is 19.3 Å². The first-order valence-electron chi connectivity index (χ1n) is 4.81. The van der Waals surface area contributed by atoms with Crippen molar-refractivity contribution in [3.8, 4) is 5.75 Å². The lowest BCUT2D eigenvalue weighted by molar-refractivity contribution is 0.0920. The van der Waals surface area contributed by atoms with Gasteiger partial charge in [0.25, 0.3) is 5.91 Å². The summed E-state index contributed by atoms with van der Waals surface area (Å²) < 4.78 is 5.06. The largest absolute Gasteiger partial charge is 0.494 e. The first-order valence-corrected chi connectivity index (χ1v) is 4.81. The highest BCUT2D eigenvalue weighted by atomic mass is 16.5. The van der Waals surface area contributed by atoms with Crippen LogP contribution in [-0.2, 0) is 0 Å². The molecular weight excluding hydrogens is 194 g/mol. The number of ether oxygens (including phenoxy) is 1. The molecule has 1 saturated heterocycles. The molecule has 0 atom stereocenters. The van der Waals surface area contributed by atoms with E-state index in [4.69, 9.17) is 4.74 Å². The van der Waals surface area contributed by atoms with Gasteiger partial charge in [0.1, 0.15) is 5.75 Å². The van der Waals surface area contributed by atoms with Crippen LogP contribution in [0, 0.1) is 0 Å². The number of methoxy groups -OCH3 is 1. The highest BCUT2D eigenvalue weighted by Crippen LogP contribution is 2.15. The fourth-order valence-corrected chi connectivity index (χ4v) is 1.38. The summed E-state index contributed by atoms with van der Waals surface area (Å²) in [6, 6.07) is 1.88. The highest BCUT2D eigenvalue weighted by molar-refractivity contribution is 5.96. The van der Waals surface area contributed by atoms with Crippen molar-refractivity contribution in [1.82, 2.24) is 15.6 Å². The van der Waals surface area contributed by atoms with Gasteiger partial charge in [-0.25, -0.2) is 0 Å².